The van der Waals surface area contributed by atoms with Crippen molar-refractivity contribution in [1.29, 1.82) is 0 Å². The normalized spacial score (nSPS) is 17.8. The van der Waals surface area contributed by atoms with E-state index in [-0.39, 0.29) is 0 Å². The number of pyridine rings is 1. The van der Waals surface area contributed by atoms with Crippen LogP contribution in [-0.2, 0) is 0 Å². The van der Waals surface area contributed by atoms with Gasteiger partial charge in [0.2, 0.25) is 0 Å². The molecule has 0 atom stereocenters. The van der Waals surface area contributed by atoms with E-state index in [1.165, 1.54) is 24.1 Å². The highest BCUT2D eigenvalue weighted by Crippen LogP contribution is 2.19. The lowest BCUT2D eigenvalue weighted by Gasteiger charge is -2.33. The fourth-order valence-electron chi connectivity index (χ4n) is 2.34. The number of aryl methyl sites for hydroxylation is 1. The number of piperidine rings is 1. The van der Waals surface area contributed by atoms with Gasteiger partial charge in [-0.2, -0.15) is 0 Å². The van der Waals surface area contributed by atoms with Crippen LogP contribution in [0.3, 0.4) is 0 Å². The highest BCUT2D eigenvalue weighted by molar-refractivity contribution is 5.46. The maximum Gasteiger partial charge on any atom is 0.0555 e. The zero-order chi connectivity index (χ0) is 11.4. The maximum absolute atomic E-state index is 4.26. The van der Waals surface area contributed by atoms with Crippen LogP contribution in [0.4, 0.5) is 5.69 Å². The summed E-state index contributed by atoms with van der Waals surface area (Å²) in [4.78, 5) is 6.70. The Bertz CT molecular complexity index is 330. The molecule has 0 amide bonds. The van der Waals surface area contributed by atoms with E-state index >= 15 is 0 Å². The Morgan fingerprint density at radius 1 is 1.38 bits per heavy atom. The predicted octanol–water partition coefficient (Wildman–Crippen LogP) is 1.97. The molecule has 1 aliphatic heterocycles. The van der Waals surface area contributed by atoms with Crippen LogP contribution in [0, 0.1) is 6.92 Å². The minimum Gasteiger partial charge on any atom is -0.370 e. The molecule has 1 N–H and O–H groups in total. The van der Waals surface area contributed by atoms with E-state index in [0.717, 1.165) is 19.6 Å². The second kappa shape index (κ2) is 5.30. The fourth-order valence-corrected chi connectivity index (χ4v) is 2.34. The van der Waals surface area contributed by atoms with Crippen LogP contribution in [0.15, 0.2) is 18.5 Å². The largest absolute Gasteiger partial charge is 0.370 e. The van der Waals surface area contributed by atoms with Gasteiger partial charge in [-0.25, -0.2) is 0 Å². The maximum atomic E-state index is 4.26. The van der Waals surface area contributed by atoms with Crippen LogP contribution in [0.1, 0.15) is 25.3 Å². The van der Waals surface area contributed by atoms with Crippen LogP contribution in [0.2, 0.25) is 0 Å². The molecule has 1 aromatic rings. The van der Waals surface area contributed by atoms with Crippen molar-refractivity contribution in [3.05, 3.63) is 24.0 Å². The SMILES string of the molecule is CCNC1CCN(c2cncc(C)c2)CC1. The molecule has 3 heteroatoms. The third kappa shape index (κ3) is 2.73. The van der Waals surface area contributed by atoms with Gasteiger partial charge in [-0.3, -0.25) is 4.98 Å². The second-order valence-corrected chi connectivity index (χ2v) is 4.54. The third-order valence-corrected chi connectivity index (χ3v) is 3.21. The molecule has 0 radical (unpaired) electrons. The Hall–Kier alpha value is -1.09. The van der Waals surface area contributed by atoms with Gasteiger partial charge in [0.1, 0.15) is 0 Å². The van der Waals surface area contributed by atoms with E-state index in [2.05, 4.69) is 35.1 Å². The number of hydrogen-bond acceptors (Lipinski definition) is 3. The number of nitrogens with one attached hydrogen (secondary N) is 1. The quantitative estimate of drug-likeness (QED) is 0.842. The first-order valence-electron chi connectivity index (χ1n) is 6.19. The molecule has 0 aromatic carbocycles. The molecule has 0 unspecified atom stereocenters. The standard InChI is InChI=1S/C13H21N3/c1-3-15-12-4-6-16(7-5-12)13-8-11(2)9-14-10-13/h8-10,12,15H,3-7H2,1-2H3. The molecule has 2 rings (SSSR count). The molecule has 0 spiro atoms. The summed E-state index contributed by atoms with van der Waals surface area (Å²) in [5.74, 6) is 0. The van der Waals surface area contributed by atoms with E-state index in [9.17, 15) is 0 Å². The summed E-state index contributed by atoms with van der Waals surface area (Å²) in [7, 11) is 0. The van der Waals surface area contributed by atoms with Gasteiger partial charge in [0, 0.05) is 25.3 Å². The van der Waals surface area contributed by atoms with E-state index < -0.39 is 0 Å². The van der Waals surface area contributed by atoms with Gasteiger partial charge in [-0.05, 0) is 37.9 Å². The summed E-state index contributed by atoms with van der Waals surface area (Å²) in [5.41, 5.74) is 2.52. The number of aromatic nitrogens is 1. The molecular weight excluding hydrogens is 198 g/mol. The highest BCUT2D eigenvalue weighted by atomic mass is 15.1. The average Bonchev–Trinajstić information content (AvgIpc) is 2.30. The van der Waals surface area contributed by atoms with Crippen molar-refractivity contribution in [3.8, 4) is 0 Å². The van der Waals surface area contributed by atoms with Gasteiger partial charge in [0.05, 0.1) is 11.9 Å². The lowest BCUT2D eigenvalue weighted by molar-refractivity contribution is 0.424. The highest BCUT2D eigenvalue weighted by Gasteiger charge is 2.18. The van der Waals surface area contributed by atoms with Gasteiger partial charge in [0.15, 0.2) is 0 Å². The molecule has 1 aromatic heterocycles. The summed E-state index contributed by atoms with van der Waals surface area (Å²) in [6.07, 6.45) is 6.36. The molecule has 2 heterocycles. The van der Waals surface area contributed by atoms with Crippen LogP contribution in [0.5, 0.6) is 0 Å². The summed E-state index contributed by atoms with van der Waals surface area (Å²) in [6, 6.07) is 2.93. The Kier molecular flexibility index (Phi) is 3.78. The van der Waals surface area contributed by atoms with Crippen LogP contribution in [0.25, 0.3) is 0 Å². The summed E-state index contributed by atoms with van der Waals surface area (Å²) < 4.78 is 0. The van der Waals surface area contributed by atoms with Crippen molar-refractivity contribution in [1.82, 2.24) is 10.3 Å². The molecule has 16 heavy (non-hydrogen) atoms. The van der Waals surface area contributed by atoms with E-state index in [0.29, 0.717) is 6.04 Å². The van der Waals surface area contributed by atoms with Gasteiger partial charge in [-0.15, -0.1) is 0 Å². The minimum atomic E-state index is 0.707. The first kappa shape index (κ1) is 11.4. The fraction of sp³-hybridized carbons (Fsp3) is 0.615. The predicted molar refractivity (Wildman–Crippen MR) is 67.9 cm³/mol. The molecule has 0 bridgehead atoms. The van der Waals surface area contributed by atoms with Crippen molar-refractivity contribution >= 4 is 5.69 Å². The number of rotatable bonds is 3. The summed E-state index contributed by atoms with van der Waals surface area (Å²) >= 11 is 0. The number of hydrogen-bond donors (Lipinski definition) is 1. The lowest BCUT2D eigenvalue weighted by atomic mass is 10.0. The molecule has 3 nitrogen and oxygen atoms in total. The smallest absolute Gasteiger partial charge is 0.0555 e. The van der Waals surface area contributed by atoms with Crippen molar-refractivity contribution in [3.63, 3.8) is 0 Å². The van der Waals surface area contributed by atoms with Crippen LogP contribution < -0.4 is 10.2 Å². The van der Waals surface area contributed by atoms with E-state index in [1.54, 1.807) is 0 Å². The van der Waals surface area contributed by atoms with E-state index in [4.69, 9.17) is 0 Å². The van der Waals surface area contributed by atoms with Gasteiger partial charge in [0.25, 0.3) is 0 Å². The zero-order valence-corrected chi connectivity index (χ0v) is 10.2. The molecular formula is C13H21N3. The second-order valence-electron chi connectivity index (χ2n) is 4.54. The van der Waals surface area contributed by atoms with Crippen LogP contribution >= 0.6 is 0 Å². The first-order valence-corrected chi connectivity index (χ1v) is 6.19. The van der Waals surface area contributed by atoms with Gasteiger partial charge < -0.3 is 10.2 Å². The lowest BCUT2D eigenvalue weighted by Crippen LogP contribution is -2.42. The van der Waals surface area contributed by atoms with Crippen molar-refractivity contribution in [2.75, 3.05) is 24.5 Å². The van der Waals surface area contributed by atoms with Crippen molar-refractivity contribution in [2.24, 2.45) is 0 Å². The Labute approximate surface area is 97.9 Å². The van der Waals surface area contributed by atoms with Crippen molar-refractivity contribution < 1.29 is 0 Å². The first-order chi connectivity index (χ1) is 7.79. The Balaban J connectivity index is 1.94. The van der Waals surface area contributed by atoms with Gasteiger partial charge in [-0.1, -0.05) is 6.92 Å². The number of anilines is 1. The Morgan fingerprint density at radius 3 is 2.75 bits per heavy atom. The van der Waals surface area contributed by atoms with Crippen LogP contribution in [-0.4, -0.2) is 30.7 Å². The molecule has 88 valence electrons. The average molecular weight is 219 g/mol. The van der Waals surface area contributed by atoms with Crippen molar-refractivity contribution in [2.45, 2.75) is 32.7 Å². The minimum absolute atomic E-state index is 0.707. The number of nitrogens with zero attached hydrogens (tertiary/aromatic N) is 2. The third-order valence-electron chi connectivity index (χ3n) is 3.21. The zero-order valence-electron chi connectivity index (χ0n) is 10.2. The molecule has 1 saturated heterocycles. The van der Waals surface area contributed by atoms with E-state index in [1.807, 2.05) is 12.4 Å². The molecule has 1 aliphatic rings. The molecule has 0 aliphatic carbocycles. The van der Waals surface area contributed by atoms with Gasteiger partial charge >= 0.3 is 0 Å². The molecule has 0 saturated carbocycles. The topological polar surface area (TPSA) is 28.2 Å². The Morgan fingerprint density at radius 2 is 2.12 bits per heavy atom. The monoisotopic (exact) mass is 219 g/mol. The molecule has 1 fully saturated rings. The summed E-state index contributed by atoms with van der Waals surface area (Å²) in [6.45, 7) is 7.64. The summed E-state index contributed by atoms with van der Waals surface area (Å²) in [5, 5.41) is 3.53.